The van der Waals surface area contributed by atoms with Crippen molar-refractivity contribution >= 4 is 29.2 Å². The van der Waals surface area contributed by atoms with Gasteiger partial charge in [-0.15, -0.1) is 0 Å². The molecule has 1 radical (unpaired) electrons. The molecule has 0 saturated carbocycles. The number of carbonyl (C=O) groups excluding carboxylic acids is 1. The first-order valence-corrected chi connectivity index (χ1v) is 11.4. The Morgan fingerprint density at radius 1 is 1.30 bits per heavy atom. The highest BCUT2D eigenvalue weighted by molar-refractivity contribution is 7.98. The van der Waals surface area contributed by atoms with Crippen LogP contribution in [0.2, 0.25) is 0 Å². The summed E-state index contributed by atoms with van der Waals surface area (Å²) in [5.41, 5.74) is 1.48. The van der Waals surface area contributed by atoms with E-state index in [-0.39, 0.29) is 17.4 Å². The summed E-state index contributed by atoms with van der Waals surface area (Å²) in [6.07, 6.45) is 5.20. The number of benzene rings is 1. The Bertz CT molecular complexity index is 897. The minimum Gasteiger partial charge on any atom is -0.490 e. The van der Waals surface area contributed by atoms with E-state index in [9.17, 15) is 4.79 Å². The van der Waals surface area contributed by atoms with Crippen molar-refractivity contribution in [3.63, 3.8) is 0 Å². The fourth-order valence-corrected chi connectivity index (χ4v) is 3.89. The molecular formula is C23H31N4O2S. The first-order valence-electron chi connectivity index (χ1n) is 10.2. The van der Waals surface area contributed by atoms with E-state index in [0.717, 1.165) is 17.9 Å². The van der Waals surface area contributed by atoms with Crippen molar-refractivity contribution in [3.05, 3.63) is 42.9 Å². The number of fused-ring (bicyclic) bond motifs is 1. The SMILES string of the molecule is [CH2]CC(CC(C)(C)C)Oc1cccc(N2CCN(C)c3nc(SC)ncc3C2=O)c1. The highest BCUT2D eigenvalue weighted by Crippen LogP contribution is 2.30. The van der Waals surface area contributed by atoms with E-state index in [0.29, 0.717) is 36.0 Å². The Balaban J connectivity index is 1.86. The summed E-state index contributed by atoms with van der Waals surface area (Å²) in [4.78, 5) is 26.0. The number of thioether (sulfide) groups is 1. The smallest absolute Gasteiger partial charge is 0.263 e. The third kappa shape index (κ3) is 5.25. The normalized spacial score (nSPS) is 15.6. The van der Waals surface area contributed by atoms with E-state index in [1.165, 1.54) is 11.8 Å². The molecule has 1 unspecified atom stereocenters. The van der Waals surface area contributed by atoms with E-state index in [1.807, 2.05) is 42.5 Å². The Kier molecular flexibility index (Phi) is 6.91. The monoisotopic (exact) mass is 427 g/mol. The van der Waals surface area contributed by atoms with Crippen molar-refractivity contribution in [1.29, 1.82) is 0 Å². The molecule has 0 fully saturated rings. The topological polar surface area (TPSA) is 58.6 Å². The first kappa shape index (κ1) is 22.4. The van der Waals surface area contributed by atoms with Crippen LogP contribution in [0.15, 0.2) is 35.6 Å². The van der Waals surface area contributed by atoms with Crippen LogP contribution in [0.3, 0.4) is 0 Å². The number of rotatable bonds is 6. The maximum Gasteiger partial charge on any atom is 0.263 e. The van der Waals surface area contributed by atoms with Gasteiger partial charge in [0.15, 0.2) is 5.16 Å². The van der Waals surface area contributed by atoms with Crippen LogP contribution in [-0.2, 0) is 0 Å². The fraction of sp³-hybridized carbons (Fsp3) is 0.478. The van der Waals surface area contributed by atoms with Crippen LogP contribution in [0.25, 0.3) is 0 Å². The van der Waals surface area contributed by atoms with Crippen molar-refractivity contribution in [3.8, 4) is 5.75 Å². The number of nitrogens with zero attached hydrogens (tertiary/aromatic N) is 4. The fourth-order valence-electron chi connectivity index (χ4n) is 3.55. The maximum atomic E-state index is 13.3. The van der Waals surface area contributed by atoms with Gasteiger partial charge in [-0.25, -0.2) is 9.97 Å². The summed E-state index contributed by atoms with van der Waals surface area (Å²) in [5, 5.41) is 0.662. The number of hydrogen-bond acceptors (Lipinski definition) is 6. The van der Waals surface area contributed by atoms with Gasteiger partial charge in [-0.3, -0.25) is 4.79 Å². The molecule has 30 heavy (non-hydrogen) atoms. The molecule has 0 N–H and O–H groups in total. The van der Waals surface area contributed by atoms with Crippen LogP contribution >= 0.6 is 11.8 Å². The number of carbonyl (C=O) groups is 1. The van der Waals surface area contributed by atoms with Gasteiger partial charge in [0.1, 0.15) is 17.1 Å². The molecule has 1 atom stereocenters. The standard InChI is InChI=1S/C23H31N4O2S/c1-7-17(14-23(2,3)4)29-18-10-8-9-16(13-18)27-12-11-26(5)20-19(21(27)28)15-24-22(25-20)30-6/h8-10,13,15,17H,1,7,11-12,14H2,2-6H3. The molecule has 1 amide bonds. The molecular weight excluding hydrogens is 396 g/mol. The zero-order valence-corrected chi connectivity index (χ0v) is 19.3. The zero-order valence-electron chi connectivity index (χ0n) is 18.5. The minimum absolute atomic E-state index is 0.0327. The van der Waals surface area contributed by atoms with E-state index < -0.39 is 0 Å². The second-order valence-corrected chi connectivity index (χ2v) is 9.54. The van der Waals surface area contributed by atoms with Gasteiger partial charge in [0.2, 0.25) is 0 Å². The third-order valence-electron chi connectivity index (χ3n) is 5.02. The van der Waals surface area contributed by atoms with Crippen molar-refractivity contribution in [2.75, 3.05) is 36.2 Å². The molecule has 1 aliphatic rings. The molecule has 7 heteroatoms. The van der Waals surface area contributed by atoms with Gasteiger partial charge in [-0.1, -0.05) is 38.6 Å². The molecule has 1 aromatic carbocycles. The van der Waals surface area contributed by atoms with Gasteiger partial charge >= 0.3 is 0 Å². The number of anilines is 2. The lowest BCUT2D eigenvalue weighted by molar-refractivity contribution is 0.0989. The largest absolute Gasteiger partial charge is 0.490 e. The number of ether oxygens (including phenoxy) is 1. The summed E-state index contributed by atoms with van der Waals surface area (Å²) in [5.74, 6) is 1.34. The molecule has 0 saturated heterocycles. The molecule has 1 aliphatic heterocycles. The van der Waals surface area contributed by atoms with Crippen LogP contribution in [0.1, 0.15) is 44.0 Å². The highest BCUT2D eigenvalue weighted by Gasteiger charge is 2.28. The number of likely N-dealkylation sites (N-methyl/N-ethyl adjacent to an activating group) is 1. The summed E-state index contributed by atoms with van der Waals surface area (Å²) in [6, 6.07) is 7.74. The summed E-state index contributed by atoms with van der Waals surface area (Å²) < 4.78 is 6.22. The van der Waals surface area contributed by atoms with E-state index in [2.05, 4.69) is 37.7 Å². The molecule has 3 rings (SSSR count). The summed E-state index contributed by atoms with van der Waals surface area (Å²) in [7, 11) is 1.96. The first-order chi connectivity index (χ1) is 14.2. The van der Waals surface area contributed by atoms with Gasteiger partial charge in [-0.2, -0.15) is 0 Å². The van der Waals surface area contributed by atoms with E-state index >= 15 is 0 Å². The molecule has 0 bridgehead atoms. The van der Waals surface area contributed by atoms with Gasteiger partial charge in [-0.05, 0) is 43.6 Å². The Morgan fingerprint density at radius 2 is 2.07 bits per heavy atom. The minimum atomic E-state index is -0.0949. The Morgan fingerprint density at radius 3 is 2.73 bits per heavy atom. The van der Waals surface area contributed by atoms with Crippen molar-refractivity contribution in [2.45, 2.75) is 44.9 Å². The average Bonchev–Trinajstić information content (AvgIpc) is 2.83. The van der Waals surface area contributed by atoms with E-state index in [1.54, 1.807) is 11.1 Å². The molecule has 1 aromatic heterocycles. The van der Waals surface area contributed by atoms with Crippen molar-refractivity contribution in [1.82, 2.24) is 9.97 Å². The lowest BCUT2D eigenvalue weighted by atomic mass is 9.88. The zero-order chi connectivity index (χ0) is 21.9. The third-order valence-corrected chi connectivity index (χ3v) is 5.58. The second kappa shape index (κ2) is 9.25. The molecule has 2 heterocycles. The van der Waals surface area contributed by atoms with Crippen LogP contribution < -0.4 is 14.5 Å². The number of amides is 1. The predicted molar refractivity (Wildman–Crippen MR) is 124 cm³/mol. The Labute approximate surface area is 184 Å². The summed E-state index contributed by atoms with van der Waals surface area (Å²) in [6.45, 7) is 11.9. The van der Waals surface area contributed by atoms with Gasteiger partial charge in [0, 0.05) is 38.1 Å². The van der Waals surface area contributed by atoms with Crippen LogP contribution in [0.4, 0.5) is 11.5 Å². The number of hydrogen-bond donors (Lipinski definition) is 0. The number of aromatic nitrogens is 2. The molecule has 161 valence electrons. The highest BCUT2D eigenvalue weighted by atomic mass is 32.2. The quantitative estimate of drug-likeness (QED) is 0.492. The Hall–Kier alpha value is -2.28. The molecule has 6 nitrogen and oxygen atoms in total. The molecule has 0 aliphatic carbocycles. The lowest BCUT2D eigenvalue weighted by Gasteiger charge is -2.27. The molecule has 2 aromatic rings. The average molecular weight is 428 g/mol. The molecule has 0 spiro atoms. The van der Waals surface area contributed by atoms with Crippen molar-refractivity contribution < 1.29 is 9.53 Å². The predicted octanol–water partition coefficient (Wildman–Crippen LogP) is 4.70. The van der Waals surface area contributed by atoms with Crippen LogP contribution in [0, 0.1) is 12.3 Å². The van der Waals surface area contributed by atoms with Gasteiger partial charge < -0.3 is 14.5 Å². The lowest BCUT2D eigenvalue weighted by Crippen LogP contribution is -2.33. The van der Waals surface area contributed by atoms with E-state index in [4.69, 9.17) is 4.74 Å². The second-order valence-electron chi connectivity index (χ2n) is 8.76. The van der Waals surface area contributed by atoms with Crippen molar-refractivity contribution in [2.24, 2.45) is 5.41 Å². The van der Waals surface area contributed by atoms with Crippen LogP contribution in [0.5, 0.6) is 5.75 Å². The van der Waals surface area contributed by atoms with Gasteiger partial charge in [0.25, 0.3) is 5.91 Å². The maximum absolute atomic E-state index is 13.3. The van der Waals surface area contributed by atoms with Gasteiger partial charge in [0.05, 0.1) is 6.10 Å². The summed E-state index contributed by atoms with van der Waals surface area (Å²) >= 11 is 1.47. The van der Waals surface area contributed by atoms with Crippen LogP contribution in [-0.4, -0.2) is 48.4 Å².